The third-order valence-corrected chi connectivity index (χ3v) is 5.04. The number of alkyl halides is 1. The lowest BCUT2D eigenvalue weighted by molar-refractivity contribution is 0.198. The molecule has 1 rings (SSSR count). The second kappa shape index (κ2) is 6.79. The highest BCUT2D eigenvalue weighted by molar-refractivity contribution is 7.90. The molecule has 0 aromatic rings. The Labute approximate surface area is 103 Å². The van der Waals surface area contributed by atoms with Crippen molar-refractivity contribution in [3.05, 3.63) is 0 Å². The molecule has 1 saturated carbocycles. The summed E-state index contributed by atoms with van der Waals surface area (Å²) in [7, 11) is -1.64. The van der Waals surface area contributed by atoms with Crippen LogP contribution in [-0.2, 0) is 14.8 Å². The SMILES string of the molecule is COCC(Cl)CNS(=O)(=O)C1CCCCC1. The molecule has 1 aliphatic carbocycles. The number of hydrogen-bond acceptors (Lipinski definition) is 3. The molecule has 6 heteroatoms. The van der Waals surface area contributed by atoms with Crippen LogP contribution in [0, 0.1) is 0 Å². The normalized spacial score (nSPS) is 20.9. The lowest BCUT2D eigenvalue weighted by Gasteiger charge is -2.22. The zero-order valence-electron chi connectivity index (χ0n) is 9.62. The molecule has 0 spiro atoms. The molecule has 0 bridgehead atoms. The van der Waals surface area contributed by atoms with Crippen LogP contribution in [0.5, 0.6) is 0 Å². The molecule has 1 fully saturated rings. The maximum atomic E-state index is 11.9. The predicted octanol–water partition coefficient (Wildman–Crippen LogP) is 1.49. The Morgan fingerprint density at radius 1 is 1.38 bits per heavy atom. The van der Waals surface area contributed by atoms with Gasteiger partial charge in [-0.3, -0.25) is 0 Å². The van der Waals surface area contributed by atoms with Crippen LogP contribution >= 0.6 is 11.6 Å². The number of hydrogen-bond donors (Lipinski definition) is 1. The Bertz CT molecular complexity index is 288. The standard InChI is InChI=1S/C10H20ClNO3S/c1-15-8-9(11)7-12-16(13,14)10-5-3-2-4-6-10/h9-10,12H,2-8H2,1H3. The second-order valence-electron chi connectivity index (χ2n) is 4.21. The van der Waals surface area contributed by atoms with Gasteiger partial charge in [0.25, 0.3) is 0 Å². The van der Waals surface area contributed by atoms with Crippen molar-refractivity contribution in [2.45, 2.75) is 42.7 Å². The molecular weight excluding hydrogens is 250 g/mol. The summed E-state index contributed by atoms with van der Waals surface area (Å²) in [5.74, 6) is 0. The summed E-state index contributed by atoms with van der Waals surface area (Å²) >= 11 is 5.87. The summed E-state index contributed by atoms with van der Waals surface area (Å²) in [4.78, 5) is 0. The van der Waals surface area contributed by atoms with Gasteiger partial charge < -0.3 is 4.74 Å². The van der Waals surface area contributed by atoms with E-state index >= 15 is 0 Å². The van der Waals surface area contributed by atoms with Crippen LogP contribution < -0.4 is 4.72 Å². The van der Waals surface area contributed by atoms with Crippen LogP contribution in [0.4, 0.5) is 0 Å². The van der Waals surface area contributed by atoms with Crippen LogP contribution in [0.2, 0.25) is 0 Å². The number of methoxy groups -OCH3 is 1. The molecule has 1 atom stereocenters. The van der Waals surface area contributed by atoms with Gasteiger partial charge in [0.15, 0.2) is 0 Å². The van der Waals surface area contributed by atoms with E-state index in [1.54, 1.807) is 7.11 Å². The zero-order chi connectivity index (χ0) is 12.0. The van der Waals surface area contributed by atoms with Crippen LogP contribution in [0.3, 0.4) is 0 Å². The van der Waals surface area contributed by atoms with Gasteiger partial charge in [0.05, 0.1) is 17.2 Å². The lowest BCUT2D eigenvalue weighted by Crippen LogP contribution is -2.39. The first-order valence-electron chi connectivity index (χ1n) is 5.67. The fraction of sp³-hybridized carbons (Fsp3) is 1.00. The van der Waals surface area contributed by atoms with Gasteiger partial charge in [-0.25, -0.2) is 13.1 Å². The average molecular weight is 270 g/mol. The molecule has 16 heavy (non-hydrogen) atoms. The van der Waals surface area contributed by atoms with Crippen LogP contribution in [0.25, 0.3) is 0 Å². The Hall–Kier alpha value is 0.160. The zero-order valence-corrected chi connectivity index (χ0v) is 11.2. The highest BCUT2D eigenvalue weighted by Crippen LogP contribution is 2.22. The second-order valence-corrected chi connectivity index (χ2v) is 6.87. The summed E-state index contributed by atoms with van der Waals surface area (Å²) in [6, 6.07) is 0. The van der Waals surface area contributed by atoms with Crippen molar-refractivity contribution in [2.75, 3.05) is 20.3 Å². The Morgan fingerprint density at radius 2 is 2.00 bits per heavy atom. The molecule has 0 saturated heterocycles. The first-order valence-corrected chi connectivity index (χ1v) is 7.66. The van der Waals surface area contributed by atoms with Crippen molar-refractivity contribution in [1.29, 1.82) is 0 Å². The number of rotatable bonds is 6. The van der Waals surface area contributed by atoms with E-state index in [0.717, 1.165) is 32.1 Å². The molecule has 0 aromatic heterocycles. The van der Waals surface area contributed by atoms with E-state index in [9.17, 15) is 8.42 Å². The highest BCUT2D eigenvalue weighted by Gasteiger charge is 2.27. The first-order chi connectivity index (χ1) is 7.56. The molecule has 1 aliphatic rings. The molecule has 96 valence electrons. The van der Waals surface area contributed by atoms with Gasteiger partial charge in [-0.05, 0) is 12.8 Å². The Balaban J connectivity index is 2.38. The fourth-order valence-corrected chi connectivity index (χ4v) is 3.86. The van der Waals surface area contributed by atoms with E-state index < -0.39 is 10.0 Å². The van der Waals surface area contributed by atoms with Gasteiger partial charge in [-0.15, -0.1) is 11.6 Å². The molecule has 1 unspecified atom stereocenters. The quantitative estimate of drug-likeness (QED) is 0.744. The minimum absolute atomic E-state index is 0.229. The maximum Gasteiger partial charge on any atom is 0.214 e. The Kier molecular flexibility index (Phi) is 6.03. The molecular formula is C10H20ClNO3S. The molecule has 0 aromatic carbocycles. The fourth-order valence-electron chi connectivity index (χ4n) is 1.94. The number of sulfonamides is 1. The third-order valence-electron chi connectivity index (χ3n) is 2.84. The van der Waals surface area contributed by atoms with E-state index in [1.165, 1.54) is 0 Å². The van der Waals surface area contributed by atoms with Crippen molar-refractivity contribution in [2.24, 2.45) is 0 Å². The van der Waals surface area contributed by atoms with E-state index in [1.807, 2.05) is 0 Å². The van der Waals surface area contributed by atoms with E-state index in [4.69, 9.17) is 16.3 Å². The van der Waals surface area contributed by atoms with E-state index in [-0.39, 0.29) is 17.2 Å². The molecule has 0 aliphatic heterocycles. The summed E-state index contributed by atoms with van der Waals surface area (Å²) in [5.41, 5.74) is 0. The Morgan fingerprint density at radius 3 is 2.56 bits per heavy atom. The maximum absolute atomic E-state index is 11.9. The van der Waals surface area contributed by atoms with Gasteiger partial charge in [-0.1, -0.05) is 19.3 Å². The van der Waals surface area contributed by atoms with E-state index in [0.29, 0.717) is 6.61 Å². The van der Waals surface area contributed by atoms with Crippen molar-refractivity contribution < 1.29 is 13.2 Å². The van der Waals surface area contributed by atoms with Crippen molar-refractivity contribution >= 4 is 21.6 Å². The molecule has 1 N–H and O–H groups in total. The van der Waals surface area contributed by atoms with Crippen molar-refractivity contribution in [3.8, 4) is 0 Å². The minimum atomic E-state index is -3.19. The summed E-state index contributed by atoms with van der Waals surface area (Å²) < 4.78 is 31.2. The highest BCUT2D eigenvalue weighted by atomic mass is 35.5. The molecule has 0 radical (unpaired) electrons. The molecule has 0 amide bonds. The van der Waals surface area contributed by atoms with E-state index in [2.05, 4.69) is 4.72 Å². The number of nitrogens with one attached hydrogen (secondary N) is 1. The minimum Gasteiger partial charge on any atom is -0.383 e. The number of ether oxygens (including phenoxy) is 1. The van der Waals surface area contributed by atoms with Gasteiger partial charge in [0.1, 0.15) is 0 Å². The summed E-state index contributed by atoms with van der Waals surface area (Å²) in [6.07, 6.45) is 4.70. The monoisotopic (exact) mass is 269 g/mol. The number of halogens is 1. The van der Waals surface area contributed by atoms with Gasteiger partial charge in [-0.2, -0.15) is 0 Å². The van der Waals surface area contributed by atoms with Gasteiger partial charge in [0, 0.05) is 13.7 Å². The summed E-state index contributed by atoms with van der Waals surface area (Å²) in [5, 5.41) is -0.531. The van der Waals surface area contributed by atoms with Crippen molar-refractivity contribution in [3.63, 3.8) is 0 Å². The van der Waals surface area contributed by atoms with Gasteiger partial charge >= 0.3 is 0 Å². The molecule has 4 nitrogen and oxygen atoms in total. The van der Waals surface area contributed by atoms with Crippen LogP contribution in [-0.4, -0.2) is 39.3 Å². The third kappa shape index (κ3) is 4.57. The smallest absolute Gasteiger partial charge is 0.214 e. The predicted molar refractivity (Wildman–Crippen MR) is 65.3 cm³/mol. The largest absolute Gasteiger partial charge is 0.383 e. The van der Waals surface area contributed by atoms with Crippen LogP contribution in [0.15, 0.2) is 0 Å². The average Bonchev–Trinajstić information content (AvgIpc) is 2.28. The van der Waals surface area contributed by atoms with Crippen molar-refractivity contribution in [1.82, 2.24) is 4.72 Å². The first kappa shape index (κ1) is 14.2. The summed E-state index contributed by atoms with van der Waals surface area (Å²) in [6.45, 7) is 0.600. The van der Waals surface area contributed by atoms with Crippen LogP contribution in [0.1, 0.15) is 32.1 Å². The molecule has 0 heterocycles. The lowest BCUT2D eigenvalue weighted by atomic mass is 10.0. The topological polar surface area (TPSA) is 55.4 Å². The van der Waals surface area contributed by atoms with Gasteiger partial charge in [0.2, 0.25) is 10.0 Å².